The van der Waals surface area contributed by atoms with E-state index in [-0.39, 0.29) is 0 Å². The average molecular weight is 161 g/mol. The van der Waals surface area contributed by atoms with E-state index in [0.717, 1.165) is 10.2 Å². The van der Waals surface area contributed by atoms with E-state index in [1.165, 1.54) is 11.5 Å². The zero-order chi connectivity index (χ0) is 7.68. The molecule has 0 atom stereocenters. The van der Waals surface area contributed by atoms with Crippen molar-refractivity contribution in [2.75, 3.05) is 0 Å². The third-order valence-corrected chi connectivity index (χ3v) is 2.06. The van der Waals surface area contributed by atoms with Gasteiger partial charge in [-0.1, -0.05) is 0 Å². The molecule has 4 heteroatoms. The molecule has 0 saturated carbocycles. The molecule has 0 amide bonds. The lowest BCUT2D eigenvalue weighted by Gasteiger charge is -1.85. The molecule has 0 spiro atoms. The summed E-state index contributed by atoms with van der Waals surface area (Å²) in [5.74, 6) is 0. The minimum absolute atomic E-state index is 0.581. The second kappa shape index (κ2) is 2.29. The van der Waals surface area contributed by atoms with Crippen molar-refractivity contribution >= 4 is 21.7 Å². The number of rotatable bonds is 0. The first-order valence-electron chi connectivity index (χ1n) is 3.01. The zero-order valence-electron chi connectivity index (χ0n) is 5.48. The van der Waals surface area contributed by atoms with Crippen LogP contribution in [0, 0.1) is 11.3 Å². The van der Waals surface area contributed by atoms with Gasteiger partial charge in [-0.25, -0.2) is 4.98 Å². The van der Waals surface area contributed by atoms with E-state index < -0.39 is 0 Å². The highest BCUT2D eigenvalue weighted by Crippen LogP contribution is 2.15. The molecule has 11 heavy (non-hydrogen) atoms. The number of pyridine rings is 1. The Hall–Kier alpha value is -1.47. The lowest BCUT2D eigenvalue weighted by molar-refractivity contribution is 1.39. The molecule has 2 rings (SSSR count). The third kappa shape index (κ3) is 0.954. The molecule has 0 radical (unpaired) electrons. The van der Waals surface area contributed by atoms with Crippen molar-refractivity contribution in [3.05, 3.63) is 24.0 Å². The molecule has 2 aromatic heterocycles. The van der Waals surface area contributed by atoms with Crippen molar-refractivity contribution in [3.8, 4) is 6.07 Å². The molecule has 0 bridgehead atoms. The molecule has 0 aromatic carbocycles. The summed E-state index contributed by atoms with van der Waals surface area (Å²) in [4.78, 5) is 4.92. The van der Waals surface area contributed by atoms with E-state index in [1.807, 2.05) is 6.07 Å². The van der Waals surface area contributed by atoms with Gasteiger partial charge in [0.15, 0.2) is 0 Å². The van der Waals surface area contributed by atoms with Crippen LogP contribution in [0.25, 0.3) is 10.2 Å². The van der Waals surface area contributed by atoms with E-state index in [4.69, 9.17) is 5.26 Å². The Morgan fingerprint density at radius 3 is 3.18 bits per heavy atom. The van der Waals surface area contributed by atoms with Gasteiger partial charge in [0.2, 0.25) is 0 Å². The molecule has 0 aliphatic heterocycles. The number of nitrogens with zero attached hydrogens (tertiary/aromatic N) is 3. The maximum absolute atomic E-state index is 8.53. The van der Waals surface area contributed by atoms with Gasteiger partial charge in [0.25, 0.3) is 0 Å². The largest absolute Gasteiger partial charge is 0.242 e. The molecule has 3 nitrogen and oxygen atoms in total. The van der Waals surface area contributed by atoms with Gasteiger partial charge < -0.3 is 0 Å². The summed E-state index contributed by atoms with van der Waals surface area (Å²) in [5, 5.41) is 9.47. The highest BCUT2D eigenvalue weighted by atomic mass is 32.1. The van der Waals surface area contributed by atoms with Crippen LogP contribution in [-0.4, -0.2) is 9.36 Å². The van der Waals surface area contributed by atoms with Crippen molar-refractivity contribution in [1.29, 1.82) is 5.26 Å². The Labute approximate surface area is 67.1 Å². The van der Waals surface area contributed by atoms with Crippen LogP contribution in [0.15, 0.2) is 18.5 Å². The first-order chi connectivity index (χ1) is 5.40. The van der Waals surface area contributed by atoms with Crippen molar-refractivity contribution in [2.24, 2.45) is 0 Å². The predicted molar refractivity (Wildman–Crippen MR) is 42.1 cm³/mol. The summed E-state index contributed by atoms with van der Waals surface area (Å²) in [6.07, 6.45) is 3.27. The van der Waals surface area contributed by atoms with Crippen LogP contribution in [0.5, 0.6) is 0 Å². The Bertz CT molecular complexity index is 426. The molecular weight excluding hydrogens is 158 g/mol. The third-order valence-electron chi connectivity index (χ3n) is 1.34. The minimum Gasteiger partial charge on any atom is -0.242 e. The predicted octanol–water partition coefficient (Wildman–Crippen LogP) is 1.56. The van der Waals surface area contributed by atoms with Gasteiger partial charge in [0.1, 0.15) is 10.9 Å². The smallest absolute Gasteiger partial charge is 0.143 e. The fourth-order valence-corrected chi connectivity index (χ4v) is 1.42. The van der Waals surface area contributed by atoms with Crippen molar-refractivity contribution < 1.29 is 0 Å². The van der Waals surface area contributed by atoms with Crippen molar-refractivity contribution in [2.45, 2.75) is 0 Å². The molecule has 0 saturated heterocycles. The minimum atomic E-state index is 0.581. The van der Waals surface area contributed by atoms with Crippen LogP contribution in [0.2, 0.25) is 0 Å². The number of hydrogen-bond acceptors (Lipinski definition) is 4. The van der Waals surface area contributed by atoms with Gasteiger partial charge in [-0.3, -0.25) is 0 Å². The summed E-state index contributed by atoms with van der Waals surface area (Å²) in [6, 6.07) is 3.81. The molecule has 0 unspecified atom stereocenters. The Morgan fingerprint density at radius 1 is 1.45 bits per heavy atom. The molecule has 0 fully saturated rings. The fraction of sp³-hybridized carbons (Fsp3) is 0. The Balaban J connectivity index is 2.79. The van der Waals surface area contributed by atoms with Crippen LogP contribution < -0.4 is 0 Å². The Kier molecular flexibility index (Phi) is 1.30. The zero-order valence-corrected chi connectivity index (χ0v) is 6.30. The molecule has 2 aromatic rings. The summed E-state index contributed by atoms with van der Waals surface area (Å²) in [5.41, 5.74) is 0.581. The second-order valence-corrected chi connectivity index (χ2v) is 2.84. The van der Waals surface area contributed by atoms with Gasteiger partial charge >= 0.3 is 0 Å². The molecule has 52 valence electrons. The Morgan fingerprint density at radius 2 is 2.36 bits per heavy atom. The van der Waals surface area contributed by atoms with E-state index in [0.29, 0.717) is 5.56 Å². The number of fused-ring (bicyclic) bond motifs is 1. The topological polar surface area (TPSA) is 49.6 Å². The molecular formula is C7H3N3S. The number of nitriles is 1. The lowest BCUT2D eigenvalue weighted by Crippen LogP contribution is -1.75. The highest BCUT2D eigenvalue weighted by Gasteiger charge is 1.97. The molecule has 0 aliphatic carbocycles. The van der Waals surface area contributed by atoms with Gasteiger partial charge in [0, 0.05) is 11.6 Å². The van der Waals surface area contributed by atoms with Gasteiger partial charge in [-0.2, -0.15) is 9.64 Å². The summed E-state index contributed by atoms with van der Waals surface area (Å²) in [6.45, 7) is 0. The molecule has 0 aliphatic rings. The quantitative estimate of drug-likeness (QED) is 0.589. The van der Waals surface area contributed by atoms with Crippen molar-refractivity contribution in [3.63, 3.8) is 0 Å². The fourth-order valence-electron chi connectivity index (χ4n) is 0.832. The monoisotopic (exact) mass is 161 g/mol. The van der Waals surface area contributed by atoms with Crippen LogP contribution in [0.3, 0.4) is 0 Å². The first-order valence-corrected chi connectivity index (χ1v) is 3.78. The van der Waals surface area contributed by atoms with E-state index in [1.54, 1.807) is 18.5 Å². The van der Waals surface area contributed by atoms with E-state index >= 15 is 0 Å². The van der Waals surface area contributed by atoms with Gasteiger partial charge in [0.05, 0.1) is 11.8 Å². The number of hydrogen-bond donors (Lipinski definition) is 0. The first kappa shape index (κ1) is 6.25. The maximum atomic E-state index is 8.53. The van der Waals surface area contributed by atoms with E-state index in [9.17, 15) is 0 Å². The van der Waals surface area contributed by atoms with Gasteiger partial charge in [-0.05, 0) is 17.6 Å². The second-order valence-electron chi connectivity index (χ2n) is 2.06. The average Bonchev–Trinajstić information content (AvgIpc) is 2.50. The van der Waals surface area contributed by atoms with Crippen molar-refractivity contribution in [1.82, 2.24) is 9.36 Å². The standard InChI is InChI=1S/C7H3N3S/c8-2-5-1-6-4-10-11-7(6)9-3-5/h1,3-4H. The van der Waals surface area contributed by atoms with E-state index in [2.05, 4.69) is 9.36 Å². The lowest BCUT2D eigenvalue weighted by atomic mass is 10.3. The maximum Gasteiger partial charge on any atom is 0.143 e. The molecule has 0 N–H and O–H groups in total. The normalized spacial score (nSPS) is 9.73. The van der Waals surface area contributed by atoms with Crippen LogP contribution >= 0.6 is 11.5 Å². The van der Waals surface area contributed by atoms with Crippen LogP contribution in [0.4, 0.5) is 0 Å². The van der Waals surface area contributed by atoms with Crippen LogP contribution in [-0.2, 0) is 0 Å². The van der Waals surface area contributed by atoms with Gasteiger partial charge in [-0.15, -0.1) is 0 Å². The number of aromatic nitrogens is 2. The molecule has 2 heterocycles. The summed E-state index contributed by atoms with van der Waals surface area (Å²) < 4.78 is 3.95. The summed E-state index contributed by atoms with van der Waals surface area (Å²) in [7, 11) is 0. The SMILES string of the molecule is N#Cc1cnc2sncc2c1. The summed E-state index contributed by atoms with van der Waals surface area (Å²) >= 11 is 1.34. The highest BCUT2D eigenvalue weighted by molar-refractivity contribution is 7.12. The van der Waals surface area contributed by atoms with Crippen LogP contribution in [0.1, 0.15) is 5.56 Å².